The second-order valence-corrected chi connectivity index (χ2v) is 17.5. The van der Waals surface area contributed by atoms with Gasteiger partial charge in [-0.25, -0.2) is 0 Å². The van der Waals surface area contributed by atoms with E-state index in [1.54, 1.807) is 0 Å². The monoisotopic (exact) mass is 773 g/mol. The van der Waals surface area contributed by atoms with Crippen LogP contribution in [0.2, 0.25) is 0 Å². The van der Waals surface area contributed by atoms with E-state index in [9.17, 15) is 0 Å². The zero-order chi connectivity index (χ0) is 39.0. The molecule has 0 bridgehead atoms. The lowest BCUT2D eigenvalue weighted by Gasteiger charge is -2.29. The average molecular weight is 774 g/mol. The fraction of sp³-hybridized carbons (Fsp3) is 0.0545. The minimum atomic E-state index is -0.141. The van der Waals surface area contributed by atoms with Crippen LogP contribution in [0.25, 0.3) is 97.1 Å². The summed E-state index contributed by atoms with van der Waals surface area (Å²) in [5.74, 6) is 0. The molecule has 0 amide bonds. The summed E-state index contributed by atoms with van der Waals surface area (Å²) in [5, 5.41) is 9.16. The van der Waals surface area contributed by atoms with Crippen LogP contribution in [0, 0.1) is 0 Å². The number of hydrogen-bond acceptors (Lipinski definition) is 4. The van der Waals surface area contributed by atoms with E-state index in [2.05, 4.69) is 195 Å². The van der Waals surface area contributed by atoms with Gasteiger partial charge in [0.25, 0.3) is 0 Å². The molecule has 0 fully saturated rings. The summed E-state index contributed by atoms with van der Waals surface area (Å²) in [7, 11) is 0. The van der Waals surface area contributed by atoms with Crippen LogP contribution in [0.15, 0.2) is 185 Å². The van der Waals surface area contributed by atoms with Gasteiger partial charge >= 0.3 is 0 Å². The van der Waals surface area contributed by atoms with Gasteiger partial charge in [0, 0.05) is 58.3 Å². The first-order valence-corrected chi connectivity index (χ1v) is 21.1. The maximum atomic E-state index is 7.08. The van der Waals surface area contributed by atoms with Gasteiger partial charge in [0.15, 0.2) is 5.58 Å². The van der Waals surface area contributed by atoms with Gasteiger partial charge in [0.2, 0.25) is 0 Å². The van der Waals surface area contributed by atoms with Crippen molar-refractivity contribution in [2.45, 2.75) is 19.3 Å². The van der Waals surface area contributed by atoms with Gasteiger partial charge in [-0.3, -0.25) is 0 Å². The molecular formula is C55H35NO2S. The Morgan fingerprint density at radius 2 is 1.15 bits per heavy atom. The third kappa shape index (κ3) is 4.52. The average Bonchev–Trinajstić information content (AvgIpc) is 4.02. The first-order chi connectivity index (χ1) is 29.0. The minimum absolute atomic E-state index is 0.141. The molecule has 0 spiro atoms. The minimum Gasteiger partial charge on any atom is -0.455 e. The molecule has 0 atom stereocenters. The number of nitrogens with zero attached hydrogens (tertiary/aromatic N) is 1. The molecule has 12 aromatic rings. The van der Waals surface area contributed by atoms with Gasteiger partial charge in [-0.1, -0.05) is 141 Å². The maximum absolute atomic E-state index is 7.08. The lowest BCUT2D eigenvalue weighted by molar-refractivity contribution is 0.653. The zero-order valence-corrected chi connectivity index (χ0v) is 33.2. The molecule has 0 N–H and O–H groups in total. The van der Waals surface area contributed by atoms with Gasteiger partial charge in [-0.2, -0.15) is 0 Å². The summed E-state index contributed by atoms with van der Waals surface area (Å²) in [4.78, 5) is 2.46. The molecular weight excluding hydrogens is 739 g/mol. The molecule has 3 heterocycles. The van der Waals surface area contributed by atoms with E-state index in [0.717, 1.165) is 82.8 Å². The summed E-state index contributed by atoms with van der Waals surface area (Å²) in [6.45, 7) is 4.65. The second-order valence-electron chi connectivity index (χ2n) is 16.4. The van der Waals surface area contributed by atoms with Crippen molar-refractivity contribution < 1.29 is 8.83 Å². The topological polar surface area (TPSA) is 29.5 Å². The smallest absolute Gasteiger partial charge is 0.160 e. The van der Waals surface area contributed by atoms with Crippen LogP contribution in [0.1, 0.15) is 25.0 Å². The normalized spacial score (nSPS) is 13.4. The second kappa shape index (κ2) is 12.0. The predicted molar refractivity (Wildman–Crippen MR) is 249 cm³/mol. The van der Waals surface area contributed by atoms with Crippen LogP contribution < -0.4 is 4.90 Å². The molecule has 3 aromatic heterocycles. The molecule has 1 aliphatic carbocycles. The van der Waals surface area contributed by atoms with Crippen molar-refractivity contribution >= 4 is 103 Å². The van der Waals surface area contributed by atoms with Crippen molar-refractivity contribution in [2.24, 2.45) is 0 Å². The largest absolute Gasteiger partial charge is 0.455 e. The van der Waals surface area contributed by atoms with Crippen LogP contribution in [0.3, 0.4) is 0 Å². The Morgan fingerprint density at radius 1 is 0.458 bits per heavy atom. The van der Waals surface area contributed by atoms with Gasteiger partial charge in [0.05, 0.1) is 22.4 Å². The van der Waals surface area contributed by atoms with E-state index < -0.39 is 0 Å². The first kappa shape index (κ1) is 32.9. The Bertz CT molecular complexity index is 3730. The highest BCUT2D eigenvalue weighted by atomic mass is 32.1. The number of rotatable bonds is 4. The highest BCUT2D eigenvalue weighted by Gasteiger charge is 2.38. The molecule has 4 heteroatoms. The van der Waals surface area contributed by atoms with E-state index in [-0.39, 0.29) is 5.41 Å². The number of para-hydroxylation sites is 2. The SMILES string of the molecule is CC1(C)c2ccccc2-c2c1ccc1c2oc2cccc(N(c3ccccc3-c3ccc4sc5ccccc5c4c3)c3c4ccccc4cc4c3oc3ccccc34)c21. The Balaban J connectivity index is 1.17. The van der Waals surface area contributed by atoms with Gasteiger partial charge in [0.1, 0.15) is 16.7 Å². The van der Waals surface area contributed by atoms with Crippen LogP contribution in [0.4, 0.5) is 17.1 Å². The van der Waals surface area contributed by atoms with Crippen molar-refractivity contribution in [3.8, 4) is 22.3 Å². The fourth-order valence-electron chi connectivity index (χ4n) is 10.1. The van der Waals surface area contributed by atoms with E-state index in [0.29, 0.717) is 0 Å². The molecule has 0 aliphatic heterocycles. The number of furan rings is 2. The van der Waals surface area contributed by atoms with Crippen LogP contribution in [0.5, 0.6) is 0 Å². The standard InChI is InChI=1S/C55H35NO2S/c1-55(2)42-20-9-5-19-38(42)50-43(55)28-27-39-51-45(22-13-24-47(51)58-53(39)50)56(52-35-16-4-3-14-32(35)31-41-36-17-7-11-23-46(36)57-54(41)52)44-21-10-6-15-34(44)33-26-29-49-40(30-33)37-18-8-12-25-48(37)59-49/h3-31H,1-2H3. The number of thiophene rings is 1. The summed E-state index contributed by atoms with van der Waals surface area (Å²) in [5.41, 5.74) is 13.8. The van der Waals surface area contributed by atoms with Crippen LogP contribution in [-0.2, 0) is 5.41 Å². The Morgan fingerprint density at radius 3 is 2.07 bits per heavy atom. The molecule has 13 rings (SSSR count). The molecule has 3 nitrogen and oxygen atoms in total. The lowest BCUT2D eigenvalue weighted by Crippen LogP contribution is -2.14. The third-order valence-electron chi connectivity index (χ3n) is 12.8. The number of fused-ring (bicyclic) bond motifs is 14. The Kier molecular flexibility index (Phi) is 6.66. The molecule has 278 valence electrons. The zero-order valence-electron chi connectivity index (χ0n) is 32.4. The maximum Gasteiger partial charge on any atom is 0.160 e. The molecule has 59 heavy (non-hydrogen) atoms. The van der Waals surface area contributed by atoms with E-state index >= 15 is 0 Å². The van der Waals surface area contributed by atoms with Crippen molar-refractivity contribution in [3.63, 3.8) is 0 Å². The van der Waals surface area contributed by atoms with Crippen LogP contribution >= 0.6 is 11.3 Å². The van der Waals surface area contributed by atoms with Crippen LogP contribution in [-0.4, -0.2) is 0 Å². The number of hydrogen-bond donors (Lipinski definition) is 0. The number of benzene rings is 9. The number of anilines is 3. The van der Waals surface area contributed by atoms with Gasteiger partial charge in [-0.05, 0) is 76.2 Å². The third-order valence-corrected chi connectivity index (χ3v) is 14.0. The summed E-state index contributed by atoms with van der Waals surface area (Å²) < 4.78 is 16.7. The predicted octanol–water partition coefficient (Wildman–Crippen LogP) is 16.4. The Labute approximate surface area is 344 Å². The molecule has 1 aliphatic rings. The molecule has 9 aromatic carbocycles. The van der Waals surface area contributed by atoms with Gasteiger partial charge < -0.3 is 13.7 Å². The summed E-state index contributed by atoms with van der Waals surface area (Å²) >= 11 is 1.85. The van der Waals surface area contributed by atoms with Crippen molar-refractivity contribution in [1.29, 1.82) is 0 Å². The quantitative estimate of drug-likeness (QED) is 0.178. The van der Waals surface area contributed by atoms with Crippen molar-refractivity contribution in [3.05, 3.63) is 187 Å². The molecule has 0 saturated carbocycles. The lowest BCUT2D eigenvalue weighted by atomic mass is 9.82. The highest BCUT2D eigenvalue weighted by molar-refractivity contribution is 7.25. The van der Waals surface area contributed by atoms with E-state index in [1.807, 2.05) is 11.3 Å². The van der Waals surface area contributed by atoms with E-state index in [1.165, 1.54) is 42.4 Å². The molecule has 0 unspecified atom stereocenters. The summed E-state index contributed by atoms with van der Waals surface area (Å²) in [6.07, 6.45) is 0. The van der Waals surface area contributed by atoms with E-state index in [4.69, 9.17) is 8.83 Å². The molecule has 0 radical (unpaired) electrons. The van der Waals surface area contributed by atoms with Crippen molar-refractivity contribution in [2.75, 3.05) is 4.90 Å². The fourth-order valence-corrected chi connectivity index (χ4v) is 11.2. The van der Waals surface area contributed by atoms with Gasteiger partial charge in [-0.15, -0.1) is 11.3 Å². The highest BCUT2D eigenvalue weighted by Crippen LogP contribution is 2.55. The first-order valence-electron chi connectivity index (χ1n) is 20.3. The van der Waals surface area contributed by atoms with Crippen molar-refractivity contribution in [1.82, 2.24) is 0 Å². The Hall–Kier alpha value is -7.14. The molecule has 0 saturated heterocycles. The summed E-state index contributed by atoms with van der Waals surface area (Å²) in [6, 6.07) is 63.9.